The van der Waals surface area contributed by atoms with E-state index in [1.165, 1.54) is 4.90 Å². The molecule has 0 radical (unpaired) electrons. The summed E-state index contributed by atoms with van der Waals surface area (Å²) in [6, 6.07) is 7.10. The Morgan fingerprint density at radius 1 is 1.19 bits per heavy atom. The van der Waals surface area contributed by atoms with Gasteiger partial charge in [-0.15, -0.1) is 0 Å². The smallest absolute Gasteiger partial charge is 0.241 e. The van der Waals surface area contributed by atoms with E-state index in [2.05, 4.69) is 12.2 Å². The van der Waals surface area contributed by atoms with Crippen molar-refractivity contribution in [3.8, 4) is 5.75 Å². The van der Waals surface area contributed by atoms with Crippen molar-refractivity contribution in [2.45, 2.75) is 13.3 Å². The molecule has 1 aromatic carbocycles. The molecule has 4 heteroatoms. The predicted molar refractivity (Wildman–Crippen MR) is 77.8 cm³/mol. The molecule has 1 aliphatic heterocycles. The summed E-state index contributed by atoms with van der Waals surface area (Å²) in [6.45, 7) is 1.95. The van der Waals surface area contributed by atoms with E-state index in [9.17, 15) is 9.59 Å². The highest BCUT2D eigenvalue weighted by molar-refractivity contribution is 6.24. The maximum absolute atomic E-state index is 12.9. The number of fused-ring (bicyclic) bond motifs is 5. The maximum Gasteiger partial charge on any atom is 0.241 e. The van der Waals surface area contributed by atoms with Gasteiger partial charge in [0.25, 0.3) is 0 Å². The van der Waals surface area contributed by atoms with E-state index in [4.69, 9.17) is 4.74 Å². The fourth-order valence-corrected chi connectivity index (χ4v) is 4.28. The van der Waals surface area contributed by atoms with Crippen LogP contribution in [0.4, 0.5) is 5.69 Å². The molecule has 1 saturated carbocycles. The Bertz CT molecular complexity index is 663. The molecule has 0 spiro atoms. The third-order valence-electron chi connectivity index (χ3n) is 5.44. The van der Waals surface area contributed by atoms with Crippen molar-refractivity contribution in [1.29, 1.82) is 0 Å². The summed E-state index contributed by atoms with van der Waals surface area (Å²) in [6.07, 6.45) is 5.17. The van der Waals surface area contributed by atoms with Crippen LogP contribution in [-0.4, -0.2) is 18.9 Å². The van der Waals surface area contributed by atoms with Crippen LogP contribution in [0, 0.1) is 23.2 Å². The van der Waals surface area contributed by atoms with Crippen molar-refractivity contribution in [1.82, 2.24) is 0 Å². The van der Waals surface area contributed by atoms with Gasteiger partial charge in [0.1, 0.15) is 5.75 Å². The highest BCUT2D eigenvalue weighted by Crippen LogP contribution is 2.60. The van der Waals surface area contributed by atoms with Crippen molar-refractivity contribution in [2.75, 3.05) is 12.0 Å². The summed E-state index contributed by atoms with van der Waals surface area (Å²) < 4.78 is 5.13. The Labute approximate surface area is 123 Å². The maximum atomic E-state index is 12.9. The van der Waals surface area contributed by atoms with E-state index in [0.29, 0.717) is 11.4 Å². The van der Waals surface area contributed by atoms with Crippen LogP contribution in [0.2, 0.25) is 0 Å². The first-order valence-corrected chi connectivity index (χ1v) is 7.28. The zero-order chi connectivity index (χ0) is 14.8. The topological polar surface area (TPSA) is 46.6 Å². The molecule has 4 nitrogen and oxygen atoms in total. The molecule has 4 atom stereocenters. The number of methoxy groups -OCH3 is 1. The Kier molecular flexibility index (Phi) is 2.39. The monoisotopic (exact) mass is 283 g/mol. The summed E-state index contributed by atoms with van der Waals surface area (Å²) in [7, 11) is 1.59. The number of benzene rings is 1. The molecule has 21 heavy (non-hydrogen) atoms. The largest absolute Gasteiger partial charge is 0.497 e. The van der Waals surface area contributed by atoms with Gasteiger partial charge in [-0.05, 0) is 49.4 Å². The van der Waals surface area contributed by atoms with Crippen LogP contribution in [0.15, 0.2) is 36.4 Å². The molecule has 2 bridgehead atoms. The fraction of sp³-hybridized carbons (Fsp3) is 0.412. The van der Waals surface area contributed by atoms with Gasteiger partial charge in [0.05, 0.1) is 24.1 Å². The van der Waals surface area contributed by atoms with Crippen molar-refractivity contribution < 1.29 is 14.3 Å². The van der Waals surface area contributed by atoms with Gasteiger partial charge in [0.2, 0.25) is 11.8 Å². The summed E-state index contributed by atoms with van der Waals surface area (Å²) in [5.74, 6) is 0.837. The molecule has 2 amide bonds. The normalized spacial score (nSPS) is 36.5. The standard InChI is InChI=1S/C17H17NO3/c1-17-11-4-3-10(9-11)14(17)15(19)18(16(17)20)12-5-7-13(21-2)8-6-12/h3-8,10-11,14H,9H2,1-2H3/t10-,11-,14+,17+/m0/s1. The van der Waals surface area contributed by atoms with E-state index >= 15 is 0 Å². The molecule has 2 fully saturated rings. The van der Waals surface area contributed by atoms with Crippen LogP contribution in [0.3, 0.4) is 0 Å². The van der Waals surface area contributed by atoms with Crippen molar-refractivity contribution in [3.63, 3.8) is 0 Å². The van der Waals surface area contributed by atoms with Crippen molar-refractivity contribution in [2.24, 2.45) is 23.2 Å². The first kappa shape index (κ1) is 12.6. The van der Waals surface area contributed by atoms with Crippen LogP contribution in [-0.2, 0) is 9.59 Å². The average molecular weight is 283 g/mol. The molecular weight excluding hydrogens is 266 g/mol. The third-order valence-corrected chi connectivity index (χ3v) is 5.44. The Morgan fingerprint density at radius 3 is 2.52 bits per heavy atom. The molecule has 4 rings (SSSR count). The minimum absolute atomic E-state index is 0.0514. The van der Waals surface area contributed by atoms with E-state index in [1.807, 2.05) is 6.92 Å². The molecule has 0 aromatic heterocycles. The van der Waals surface area contributed by atoms with Crippen LogP contribution < -0.4 is 9.64 Å². The number of ether oxygens (including phenoxy) is 1. The number of imide groups is 1. The molecule has 0 unspecified atom stereocenters. The second-order valence-electron chi connectivity index (χ2n) is 6.33. The first-order valence-electron chi connectivity index (χ1n) is 7.28. The lowest BCUT2D eigenvalue weighted by atomic mass is 9.71. The Morgan fingerprint density at radius 2 is 1.90 bits per heavy atom. The van der Waals surface area contributed by atoms with Gasteiger partial charge in [-0.1, -0.05) is 12.2 Å². The molecule has 108 valence electrons. The molecule has 1 aromatic rings. The summed E-state index contributed by atoms with van der Waals surface area (Å²) >= 11 is 0. The van der Waals surface area contributed by atoms with Gasteiger partial charge in [-0.2, -0.15) is 0 Å². The van der Waals surface area contributed by atoms with Crippen LogP contribution in [0.25, 0.3) is 0 Å². The van der Waals surface area contributed by atoms with Gasteiger partial charge in [0, 0.05) is 0 Å². The molecule has 3 aliphatic rings. The molecule has 1 saturated heterocycles. The highest BCUT2D eigenvalue weighted by atomic mass is 16.5. The van der Waals surface area contributed by atoms with E-state index in [1.54, 1.807) is 31.4 Å². The zero-order valence-corrected chi connectivity index (χ0v) is 12.1. The number of amides is 2. The predicted octanol–water partition coefficient (Wildman–Crippen LogP) is 2.40. The fourth-order valence-electron chi connectivity index (χ4n) is 4.28. The van der Waals surface area contributed by atoms with E-state index in [-0.39, 0.29) is 29.6 Å². The van der Waals surface area contributed by atoms with Crippen LogP contribution >= 0.6 is 0 Å². The van der Waals surface area contributed by atoms with Crippen molar-refractivity contribution in [3.05, 3.63) is 36.4 Å². The van der Waals surface area contributed by atoms with Gasteiger partial charge in [0.15, 0.2) is 0 Å². The molecular formula is C17H17NO3. The SMILES string of the molecule is COc1ccc(N2C(=O)[C@H]3[C@H]4C=C[C@@H](C4)[C@@]3(C)C2=O)cc1. The number of hydrogen-bond acceptors (Lipinski definition) is 3. The number of allylic oxidation sites excluding steroid dienone is 2. The Hall–Kier alpha value is -2.10. The van der Waals surface area contributed by atoms with Crippen LogP contribution in [0.1, 0.15) is 13.3 Å². The van der Waals surface area contributed by atoms with E-state index in [0.717, 1.165) is 6.42 Å². The lowest BCUT2D eigenvalue weighted by Gasteiger charge is -2.28. The second-order valence-corrected chi connectivity index (χ2v) is 6.33. The van der Waals surface area contributed by atoms with E-state index < -0.39 is 5.41 Å². The molecule has 0 N–H and O–H groups in total. The van der Waals surface area contributed by atoms with Gasteiger partial charge >= 0.3 is 0 Å². The first-order chi connectivity index (χ1) is 10.1. The highest BCUT2D eigenvalue weighted by Gasteiger charge is 2.67. The average Bonchev–Trinajstić information content (AvgIpc) is 3.12. The van der Waals surface area contributed by atoms with Crippen LogP contribution in [0.5, 0.6) is 5.75 Å². The lowest BCUT2D eigenvalue weighted by molar-refractivity contribution is -0.127. The second kappa shape index (κ2) is 3.97. The minimum atomic E-state index is -0.559. The third kappa shape index (κ3) is 1.40. The number of carbonyl (C=O) groups is 2. The molecule has 2 aliphatic carbocycles. The number of anilines is 1. The minimum Gasteiger partial charge on any atom is -0.497 e. The summed E-state index contributed by atoms with van der Waals surface area (Å²) in [5, 5.41) is 0. The Balaban J connectivity index is 1.75. The summed E-state index contributed by atoms with van der Waals surface area (Å²) in [5.41, 5.74) is 0.0806. The lowest BCUT2D eigenvalue weighted by Crippen LogP contribution is -2.37. The number of rotatable bonds is 2. The quantitative estimate of drug-likeness (QED) is 0.618. The van der Waals surface area contributed by atoms with Gasteiger partial charge in [-0.25, -0.2) is 4.90 Å². The van der Waals surface area contributed by atoms with Gasteiger partial charge in [-0.3, -0.25) is 9.59 Å². The number of hydrogen-bond donors (Lipinski definition) is 0. The summed E-state index contributed by atoms with van der Waals surface area (Å²) in [4.78, 5) is 27.1. The number of carbonyl (C=O) groups excluding carboxylic acids is 2. The van der Waals surface area contributed by atoms with Gasteiger partial charge < -0.3 is 4.74 Å². The zero-order valence-electron chi connectivity index (χ0n) is 12.1. The number of nitrogens with zero attached hydrogens (tertiary/aromatic N) is 1. The van der Waals surface area contributed by atoms with Crippen molar-refractivity contribution >= 4 is 17.5 Å². The molecule has 1 heterocycles.